The molecule has 1 saturated heterocycles. The van der Waals surface area contributed by atoms with Crippen molar-refractivity contribution in [1.29, 1.82) is 0 Å². The Hall–Kier alpha value is -2.40. The number of anilines is 1. The number of fused-ring (bicyclic) bond motifs is 1. The molecule has 1 aromatic carbocycles. The van der Waals surface area contributed by atoms with E-state index in [2.05, 4.69) is 57.1 Å². The van der Waals surface area contributed by atoms with E-state index in [1.807, 2.05) is 19.1 Å². The molecule has 1 atom stereocenters. The van der Waals surface area contributed by atoms with Gasteiger partial charge in [-0.1, -0.05) is 18.2 Å². The van der Waals surface area contributed by atoms with E-state index in [9.17, 15) is 0 Å². The van der Waals surface area contributed by atoms with Crippen molar-refractivity contribution in [2.24, 2.45) is 13.0 Å². The monoisotopic (exact) mass is 335 g/mol. The van der Waals surface area contributed by atoms with Crippen LogP contribution in [0.5, 0.6) is 0 Å². The largest absolute Gasteiger partial charge is 0.370 e. The highest BCUT2D eigenvalue weighted by molar-refractivity contribution is 5.75. The summed E-state index contributed by atoms with van der Waals surface area (Å²) in [6.07, 6.45) is 1.22. The Balaban J connectivity index is 1.35. The van der Waals surface area contributed by atoms with Gasteiger partial charge in [-0.25, -0.2) is 9.97 Å². The van der Waals surface area contributed by atoms with Gasteiger partial charge in [0.2, 0.25) is 0 Å². The quantitative estimate of drug-likeness (QED) is 0.778. The fourth-order valence-corrected chi connectivity index (χ4v) is 3.65. The third-order valence-electron chi connectivity index (χ3n) is 5.07. The van der Waals surface area contributed by atoms with Crippen LogP contribution in [0.4, 0.5) is 5.82 Å². The number of nitrogens with zero attached hydrogens (tertiary/aromatic N) is 4. The number of hydrogen-bond donors (Lipinski definition) is 1. The lowest BCUT2D eigenvalue weighted by atomic mass is 10.1. The van der Waals surface area contributed by atoms with Gasteiger partial charge in [0.25, 0.3) is 0 Å². The van der Waals surface area contributed by atoms with E-state index >= 15 is 0 Å². The third-order valence-corrected chi connectivity index (χ3v) is 5.07. The van der Waals surface area contributed by atoms with Crippen LogP contribution in [0, 0.1) is 12.8 Å². The number of benzene rings is 1. The van der Waals surface area contributed by atoms with Gasteiger partial charge < -0.3 is 9.88 Å². The van der Waals surface area contributed by atoms with Crippen LogP contribution >= 0.6 is 0 Å². The zero-order valence-corrected chi connectivity index (χ0v) is 14.9. The minimum Gasteiger partial charge on any atom is -0.370 e. The van der Waals surface area contributed by atoms with Crippen molar-refractivity contribution >= 4 is 16.9 Å². The fourth-order valence-electron chi connectivity index (χ4n) is 3.65. The Morgan fingerprint density at radius 3 is 2.84 bits per heavy atom. The van der Waals surface area contributed by atoms with Crippen LogP contribution in [-0.4, -0.2) is 39.1 Å². The van der Waals surface area contributed by atoms with Gasteiger partial charge in [-0.3, -0.25) is 4.90 Å². The van der Waals surface area contributed by atoms with E-state index in [1.54, 1.807) is 0 Å². The van der Waals surface area contributed by atoms with Gasteiger partial charge in [0.15, 0.2) is 0 Å². The minimum absolute atomic E-state index is 0.664. The number of nitrogens with one attached hydrogen (secondary N) is 1. The fraction of sp³-hybridized carbons (Fsp3) is 0.400. The molecule has 0 spiro atoms. The maximum Gasteiger partial charge on any atom is 0.126 e. The zero-order chi connectivity index (χ0) is 17.2. The summed E-state index contributed by atoms with van der Waals surface area (Å²) in [6, 6.07) is 14.5. The molecule has 0 bridgehead atoms. The Kier molecular flexibility index (Phi) is 4.40. The Morgan fingerprint density at radius 2 is 2.00 bits per heavy atom. The molecule has 3 aromatic rings. The number of likely N-dealkylation sites (tertiary alicyclic amines) is 1. The van der Waals surface area contributed by atoms with Crippen molar-refractivity contribution in [2.75, 3.05) is 25.0 Å². The molecular weight excluding hydrogens is 310 g/mol. The lowest BCUT2D eigenvalue weighted by molar-refractivity contribution is 0.308. The SMILES string of the molecule is Cc1cccc(NCC2CCN(Cc3nc4ccccc4n3C)C2)n1. The van der Waals surface area contributed by atoms with Crippen molar-refractivity contribution in [3.63, 3.8) is 0 Å². The van der Waals surface area contributed by atoms with Crippen molar-refractivity contribution in [2.45, 2.75) is 19.9 Å². The number of aryl methyl sites for hydroxylation is 2. The standard InChI is InChI=1S/C20H25N5/c1-15-6-5-9-19(22-15)21-12-16-10-11-25(13-16)14-20-23-17-7-3-4-8-18(17)24(20)2/h3-9,16H,10-14H2,1-2H3,(H,21,22). The van der Waals surface area contributed by atoms with E-state index in [4.69, 9.17) is 4.98 Å². The lowest BCUT2D eigenvalue weighted by Gasteiger charge is -2.16. The van der Waals surface area contributed by atoms with Gasteiger partial charge in [0.05, 0.1) is 17.6 Å². The summed E-state index contributed by atoms with van der Waals surface area (Å²) in [5, 5.41) is 3.49. The molecule has 2 aromatic heterocycles. The van der Waals surface area contributed by atoms with Crippen molar-refractivity contribution < 1.29 is 0 Å². The zero-order valence-electron chi connectivity index (χ0n) is 14.9. The molecule has 5 heteroatoms. The van der Waals surface area contributed by atoms with Gasteiger partial charge >= 0.3 is 0 Å². The number of imidazole rings is 1. The van der Waals surface area contributed by atoms with Gasteiger partial charge in [-0.05, 0) is 50.1 Å². The number of hydrogen-bond acceptors (Lipinski definition) is 4. The number of para-hydroxylation sites is 2. The molecule has 0 radical (unpaired) electrons. The third kappa shape index (κ3) is 3.51. The first-order chi connectivity index (χ1) is 12.2. The molecule has 5 nitrogen and oxygen atoms in total. The molecule has 0 saturated carbocycles. The van der Waals surface area contributed by atoms with E-state index in [1.165, 1.54) is 11.9 Å². The molecule has 0 aliphatic carbocycles. The predicted octanol–water partition coefficient (Wildman–Crippen LogP) is 3.21. The Labute approximate surface area is 148 Å². The highest BCUT2D eigenvalue weighted by Gasteiger charge is 2.23. The van der Waals surface area contributed by atoms with Crippen LogP contribution < -0.4 is 5.32 Å². The van der Waals surface area contributed by atoms with E-state index in [0.717, 1.165) is 49.0 Å². The molecule has 1 fully saturated rings. The first-order valence-electron chi connectivity index (χ1n) is 8.99. The molecular formula is C20H25N5. The van der Waals surface area contributed by atoms with Crippen molar-refractivity contribution in [3.8, 4) is 0 Å². The second-order valence-electron chi connectivity index (χ2n) is 7.01. The normalized spacial score (nSPS) is 18.1. The maximum absolute atomic E-state index is 4.80. The molecule has 1 unspecified atom stereocenters. The molecule has 3 heterocycles. The molecule has 1 N–H and O–H groups in total. The summed E-state index contributed by atoms with van der Waals surface area (Å²) in [4.78, 5) is 11.8. The van der Waals surface area contributed by atoms with E-state index in [0.29, 0.717) is 5.92 Å². The second-order valence-corrected chi connectivity index (χ2v) is 7.01. The van der Waals surface area contributed by atoms with Crippen molar-refractivity contribution in [3.05, 3.63) is 54.0 Å². The summed E-state index contributed by atoms with van der Waals surface area (Å²) >= 11 is 0. The number of aromatic nitrogens is 3. The molecule has 1 aliphatic rings. The van der Waals surface area contributed by atoms with E-state index in [-0.39, 0.29) is 0 Å². The Morgan fingerprint density at radius 1 is 1.12 bits per heavy atom. The van der Waals surface area contributed by atoms with Gasteiger partial charge in [-0.15, -0.1) is 0 Å². The maximum atomic E-state index is 4.80. The molecule has 25 heavy (non-hydrogen) atoms. The topological polar surface area (TPSA) is 46.0 Å². The van der Waals surface area contributed by atoms with Crippen LogP contribution in [0.3, 0.4) is 0 Å². The average molecular weight is 335 g/mol. The smallest absolute Gasteiger partial charge is 0.126 e. The minimum atomic E-state index is 0.664. The molecule has 4 rings (SSSR count). The van der Waals surface area contributed by atoms with Crippen LogP contribution in [0.25, 0.3) is 11.0 Å². The average Bonchev–Trinajstić information content (AvgIpc) is 3.19. The van der Waals surface area contributed by atoms with Gasteiger partial charge in [-0.2, -0.15) is 0 Å². The highest BCUT2D eigenvalue weighted by atomic mass is 15.2. The van der Waals surface area contributed by atoms with Gasteiger partial charge in [0.1, 0.15) is 11.6 Å². The van der Waals surface area contributed by atoms with E-state index < -0.39 is 0 Å². The van der Waals surface area contributed by atoms with Gasteiger partial charge in [0, 0.05) is 25.8 Å². The first-order valence-corrected chi connectivity index (χ1v) is 8.99. The lowest BCUT2D eigenvalue weighted by Crippen LogP contribution is -2.24. The molecule has 130 valence electrons. The van der Waals surface area contributed by atoms with Crippen LogP contribution in [0.1, 0.15) is 17.9 Å². The van der Waals surface area contributed by atoms with Crippen LogP contribution in [0.15, 0.2) is 42.5 Å². The summed E-state index contributed by atoms with van der Waals surface area (Å²) in [7, 11) is 2.11. The summed E-state index contributed by atoms with van der Waals surface area (Å²) < 4.78 is 2.22. The number of rotatable bonds is 5. The van der Waals surface area contributed by atoms with Crippen LogP contribution in [0.2, 0.25) is 0 Å². The molecule has 0 amide bonds. The number of pyridine rings is 1. The predicted molar refractivity (Wildman–Crippen MR) is 102 cm³/mol. The van der Waals surface area contributed by atoms with Crippen molar-refractivity contribution in [1.82, 2.24) is 19.4 Å². The molecule has 1 aliphatic heterocycles. The summed E-state index contributed by atoms with van der Waals surface area (Å²) in [5.41, 5.74) is 3.35. The van der Waals surface area contributed by atoms with Crippen LogP contribution in [-0.2, 0) is 13.6 Å². The Bertz CT molecular complexity index is 869. The second kappa shape index (κ2) is 6.84. The first kappa shape index (κ1) is 16.1. The summed E-state index contributed by atoms with van der Waals surface area (Å²) in [5.74, 6) is 2.79. The summed E-state index contributed by atoms with van der Waals surface area (Å²) in [6.45, 7) is 6.18. The highest BCUT2D eigenvalue weighted by Crippen LogP contribution is 2.21.